The van der Waals surface area contributed by atoms with E-state index in [2.05, 4.69) is 5.32 Å². The van der Waals surface area contributed by atoms with Gasteiger partial charge >= 0.3 is 5.97 Å². The maximum Gasteiger partial charge on any atom is 0.338 e. The van der Waals surface area contributed by atoms with Gasteiger partial charge in [-0.15, -0.1) is 0 Å². The lowest BCUT2D eigenvalue weighted by atomic mass is 10.1. The average molecular weight is 301 g/mol. The summed E-state index contributed by atoms with van der Waals surface area (Å²) in [4.78, 5) is 23.9. The molecule has 0 aliphatic carbocycles. The largest absolute Gasteiger partial charge is 0.449 e. The van der Waals surface area contributed by atoms with Crippen LogP contribution in [-0.4, -0.2) is 18.0 Å². The van der Waals surface area contributed by atoms with Crippen molar-refractivity contribution in [3.05, 3.63) is 65.5 Å². The number of anilines is 1. The first-order valence-corrected chi connectivity index (χ1v) is 6.80. The van der Waals surface area contributed by atoms with Crippen molar-refractivity contribution in [2.75, 3.05) is 5.32 Å². The predicted octanol–water partition coefficient (Wildman–Crippen LogP) is 3.32. The van der Waals surface area contributed by atoms with Crippen molar-refractivity contribution in [3.63, 3.8) is 0 Å². The highest BCUT2D eigenvalue weighted by Gasteiger charge is 2.19. The number of amides is 1. The Morgan fingerprint density at radius 1 is 1.14 bits per heavy atom. The Morgan fingerprint density at radius 3 is 2.55 bits per heavy atom. The van der Waals surface area contributed by atoms with Crippen molar-refractivity contribution in [3.8, 4) is 0 Å². The smallest absolute Gasteiger partial charge is 0.338 e. The van der Waals surface area contributed by atoms with Gasteiger partial charge in [-0.2, -0.15) is 0 Å². The lowest BCUT2D eigenvalue weighted by Gasteiger charge is -2.14. The molecule has 114 valence electrons. The number of nitrogens with one attached hydrogen (secondary N) is 1. The van der Waals surface area contributed by atoms with Crippen molar-refractivity contribution in [2.24, 2.45) is 0 Å². The van der Waals surface area contributed by atoms with E-state index in [9.17, 15) is 14.0 Å². The Hall–Kier alpha value is -2.69. The van der Waals surface area contributed by atoms with E-state index in [0.717, 1.165) is 5.56 Å². The molecule has 1 amide bonds. The van der Waals surface area contributed by atoms with E-state index >= 15 is 0 Å². The SMILES string of the molecule is Cc1cccc(C(=O)OC(C)C(=O)Nc2ccccc2F)c1. The maximum absolute atomic E-state index is 13.5. The van der Waals surface area contributed by atoms with E-state index in [1.807, 2.05) is 13.0 Å². The third-order valence-corrected chi connectivity index (χ3v) is 3.04. The van der Waals surface area contributed by atoms with Crippen molar-refractivity contribution in [1.29, 1.82) is 0 Å². The standard InChI is InChI=1S/C17H16FNO3/c1-11-6-5-7-13(10-11)17(21)22-12(2)16(20)19-15-9-4-3-8-14(15)18/h3-10,12H,1-2H3,(H,19,20). The minimum Gasteiger partial charge on any atom is -0.449 e. The molecule has 0 aliphatic rings. The number of aryl methyl sites for hydroxylation is 1. The van der Waals surface area contributed by atoms with Crippen molar-refractivity contribution < 1.29 is 18.7 Å². The van der Waals surface area contributed by atoms with E-state index in [1.54, 1.807) is 24.3 Å². The monoisotopic (exact) mass is 301 g/mol. The zero-order valence-corrected chi connectivity index (χ0v) is 12.3. The zero-order valence-electron chi connectivity index (χ0n) is 12.3. The second-order valence-electron chi connectivity index (χ2n) is 4.89. The highest BCUT2D eigenvalue weighted by Crippen LogP contribution is 2.14. The van der Waals surface area contributed by atoms with Gasteiger partial charge in [-0.3, -0.25) is 4.79 Å². The molecule has 0 saturated heterocycles. The lowest BCUT2D eigenvalue weighted by Crippen LogP contribution is -2.30. The van der Waals surface area contributed by atoms with Crippen LogP contribution in [0.25, 0.3) is 0 Å². The molecule has 2 aromatic carbocycles. The van der Waals surface area contributed by atoms with E-state index in [-0.39, 0.29) is 5.69 Å². The minimum atomic E-state index is -1.03. The van der Waals surface area contributed by atoms with E-state index < -0.39 is 23.8 Å². The summed E-state index contributed by atoms with van der Waals surface area (Å²) in [5, 5.41) is 2.39. The van der Waals surface area contributed by atoms with Gasteiger partial charge in [-0.25, -0.2) is 9.18 Å². The molecule has 0 fully saturated rings. The summed E-state index contributed by atoms with van der Waals surface area (Å²) in [6.07, 6.45) is -1.03. The summed E-state index contributed by atoms with van der Waals surface area (Å²) in [5.74, 6) is -1.74. The quantitative estimate of drug-likeness (QED) is 0.881. The van der Waals surface area contributed by atoms with Crippen LogP contribution in [-0.2, 0) is 9.53 Å². The number of carbonyl (C=O) groups excluding carboxylic acids is 2. The summed E-state index contributed by atoms with van der Waals surface area (Å²) in [6, 6.07) is 12.7. The summed E-state index contributed by atoms with van der Waals surface area (Å²) in [7, 11) is 0. The van der Waals surface area contributed by atoms with Gasteiger partial charge in [0.25, 0.3) is 5.91 Å². The van der Waals surface area contributed by atoms with Gasteiger partial charge in [0.05, 0.1) is 11.3 Å². The summed E-state index contributed by atoms with van der Waals surface area (Å²) in [6.45, 7) is 3.29. The lowest BCUT2D eigenvalue weighted by molar-refractivity contribution is -0.123. The fraction of sp³-hybridized carbons (Fsp3) is 0.176. The topological polar surface area (TPSA) is 55.4 Å². The molecule has 0 aliphatic heterocycles. The number of benzene rings is 2. The van der Waals surface area contributed by atoms with Crippen molar-refractivity contribution >= 4 is 17.6 Å². The van der Waals surface area contributed by atoms with Crippen LogP contribution in [0.15, 0.2) is 48.5 Å². The molecule has 0 bridgehead atoms. The molecule has 5 heteroatoms. The van der Waals surface area contributed by atoms with Gasteiger partial charge in [0.1, 0.15) is 5.82 Å². The van der Waals surface area contributed by atoms with Crippen LogP contribution < -0.4 is 5.32 Å². The molecule has 0 saturated carbocycles. The van der Waals surface area contributed by atoms with Gasteiger partial charge in [-0.1, -0.05) is 29.8 Å². The number of hydrogen-bond acceptors (Lipinski definition) is 3. The number of esters is 1. The maximum atomic E-state index is 13.5. The van der Waals surface area contributed by atoms with E-state index in [0.29, 0.717) is 5.56 Å². The first kappa shape index (κ1) is 15.7. The molecular formula is C17H16FNO3. The van der Waals surface area contributed by atoms with Crippen LogP contribution in [0.2, 0.25) is 0 Å². The van der Waals surface area contributed by atoms with Crippen molar-refractivity contribution in [2.45, 2.75) is 20.0 Å². The van der Waals surface area contributed by atoms with Crippen LogP contribution in [0, 0.1) is 12.7 Å². The summed E-state index contributed by atoms with van der Waals surface area (Å²) >= 11 is 0. The van der Waals surface area contributed by atoms with Crippen LogP contribution >= 0.6 is 0 Å². The summed E-state index contributed by atoms with van der Waals surface area (Å²) in [5.41, 5.74) is 1.33. The molecule has 0 heterocycles. The third kappa shape index (κ3) is 3.91. The Balaban J connectivity index is 1.99. The average Bonchev–Trinajstić information content (AvgIpc) is 2.49. The molecule has 2 aromatic rings. The Morgan fingerprint density at radius 2 is 1.86 bits per heavy atom. The fourth-order valence-corrected chi connectivity index (χ4v) is 1.85. The van der Waals surface area contributed by atoms with Gasteiger partial charge in [0, 0.05) is 0 Å². The van der Waals surface area contributed by atoms with Gasteiger partial charge in [-0.05, 0) is 38.1 Å². The third-order valence-electron chi connectivity index (χ3n) is 3.04. The highest BCUT2D eigenvalue weighted by molar-refractivity contribution is 5.97. The number of halogens is 1. The minimum absolute atomic E-state index is 0.0472. The molecule has 1 unspecified atom stereocenters. The second kappa shape index (κ2) is 6.85. The summed E-state index contributed by atoms with van der Waals surface area (Å²) < 4.78 is 18.6. The molecule has 22 heavy (non-hydrogen) atoms. The van der Waals surface area contributed by atoms with Gasteiger partial charge < -0.3 is 10.1 Å². The van der Waals surface area contributed by atoms with Crippen LogP contribution in [0.3, 0.4) is 0 Å². The van der Waals surface area contributed by atoms with E-state index in [1.165, 1.54) is 25.1 Å². The van der Waals surface area contributed by atoms with Gasteiger partial charge in [0.2, 0.25) is 0 Å². The second-order valence-corrected chi connectivity index (χ2v) is 4.89. The predicted molar refractivity (Wildman–Crippen MR) is 81.1 cm³/mol. The van der Waals surface area contributed by atoms with Crippen LogP contribution in [0.4, 0.5) is 10.1 Å². The number of ether oxygens (including phenoxy) is 1. The first-order valence-electron chi connectivity index (χ1n) is 6.80. The van der Waals surface area contributed by atoms with E-state index in [4.69, 9.17) is 4.74 Å². The molecule has 1 N–H and O–H groups in total. The van der Waals surface area contributed by atoms with Crippen LogP contribution in [0.5, 0.6) is 0 Å². The fourth-order valence-electron chi connectivity index (χ4n) is 1.85. The first-order chi connectivity index (χ1) is 10.5. The molecule has 0 radical (unpaired) electrons. The zero-order chi connectivity index (χ0) is 16.1. The Labute approximate surface area is 127 Å². The van der Waals surface area contributed by atoms with Crippen LogP contribution in [0.1, 0.15) is 22.8 Å². The molecule has 1 atom stereocenters. The molecule has 0 aromatic heterocycles. The highest BCUT2D eigenvalue weighted by atomic mass is 19.1. The Kier molecular flexibility index (Phi) is 4.88. The number of para-hydroxylation sites is 1. The number of carbonyl (C=O) groups is 2. The number of rotatable bonds is 4. The molecule has 0 spiro atoms. The van der Waals surface area contributed by atoms with Gasteiger partial charge in [0.15, 0.2) is 6.10 Å². The normalized spacial score (nSPS) is 11.6. The molecule has 2 rings (SSSR count). The molecular weight excluding hydrogens is 285 g/mol. The van der Waals surface area contributed by atoms with Crippen molar-refractivity contribution in [1.82, 2.24) is 0 Å². The number of hydrogen-bond donors (Lipinski definition) is 1. The Bertz CT molecular complexity index is 700. The molecule has 4 nitrogen and oxygen atoms in total.